The molecular weight excluding hydrogens is 451 g/mol. The second kappa shape index (κ2) is 10.3. The van der Waals surface area contributed by atoms with Crippen molar-refractivity contribution in [3.63, 3.8) is 0 Å². The Labute approximate surface area is 171 Å². The molecule has 0 bridgehead atoms. The molecule has 1 aliphatic heterocycles. The van der Waals surface area contributed by atoms with Crippen molar-refractivity contribution in [3.8, 4) is 0 Å². The molecule has 0 spiro atoms. The SMILES string of the molecule is CCNC(=NCC(C)(C)N1CCCCC1)NCC(C)(C)S(C)(=O)=O.I. The number of halogens is 1. The Hall–Kier alpha value is -0.0900. The van der Waals surface area contributed by atoms with E-state index in [1.165, 1.54) is 25.5 Å². The van der Waals surface area contributed by atoms with E-state index >= 15 is 0 Å². The summed E-state index contributed by atoms with van der Waals surface area (Å²) in [5, 5.41) is 6.39. The Morgan fingerprint density at radius 3 is 2.12 bits per heavy atom. The molecule has 1 rings (SSSR count). The van der Waals surface area contributed by atoms with E-state index in [2.05, 4.69) is 29.4 Å². The molecule has 0 aromatic rings. The van der Waals surface area contributed by atoms with Gasteiger partial charge in [-0.3, -0.25) is 9.89 Å². The average molecular weight is 488 g/mol. The molecule has 0 radical (unpaired) electrons. The second-order valence-corrected chi connectivity index (χ2v) is 10.6. The molecule has 0 aromatic heterocycles. The van der Waals surface area contributed by atoms with Crippen molar-refractivity contribution < 1.29 is 8.42 Å². The summed E-state index contributed by atoms with van der Waals surface area (Å²) in [6.07, 6.45) is 5.11. The number of hydrogen-bond acceptors (Lipinski definition) is 4. The number of nitrogens with one attached hydrogen (secondary N) is 2. The van der Waals surface area contributed by atoms with Gasteiger partial charge in [-0.15, -0.1) is 24.0 Å². The predicted octanol–water partition coefficient (Wildman–Crippen LogP) is 2.25. The molecule has 25 heavy (non-hydrogen) atoms. The summed E-state index contributed by atoms with van der Waals surface area (Å²) >= 11 is 0. The highest BCUT2D eigenvalue weighted by molar-refractivity contribution is 14.0. The van der Waals surface area contributed by atoms with Crippen LogP contribution in [-0.2, 0) is 9.84 Å². The first-order valence-corrected chi connectivity index (χ1v) is 10.9. The monoisotopic (exact) mass is 488 g/mol. The lowest BCUT2D eigenvalue weighted by Gasteiger charge is -2.40. The molecule has 150 valence electrons. The van der Waals surface area contributed by atoms with Crippen LogP contribution in [-0.4, -0.2) is 68.5 Å². The molecule has 0 amide bonds. The van der Waals surface area contributed by atoms with Crippen LogP contribution in [0, 0.1) is 0 Å². The number of guanidine groups is 1. The van der Waals surface area contributed by atoms with Crippen LogP contribution >= 0.6 is 24.0 Å². The van der Waals surface area contributed by atoms with Crippen molar-refractivity contribution >= 4 is 39.8 Å². The molecule has 0 aliphatic carbocycles. The van der Waals surface area contributed by atoms with Gasteiger partial charge in [0.15, 0.2) is 15.8 Å². The third kappa shape index (κ3) is 7.99. The molecule has 1 heterocycles. The maximum Gasteiger partial charge on any atom is 0.191 e. The van der Waals surface area contributed by atoms with Crippen LogP contribution in [0.3, 0.4) is 0 Å². The van der Waals surface area contributed by atoms with Crippen molar-refractivity contribution in [1.82, 2.24) is 15.5 Å². The highest BCUT2D eigenvalue weighted by Gasteiger charge is 2.31. The maximum atomic E-state index is 11.8. The Kier molecular flexibility index (Phi) is 10.3. The molecule has 1 fully saturated rings. The zero-order valence-corrected chi connectivity index (χ0v) is 19.8. The largest absolute Gasteiger partial charge is 0.357 e. The Balaban J connectivity index is 0.00000576. The van der Waals surface area contributed by atoms with Gasteiger partial charge in [-0.1, -0.05) is 6.42 Å². The fraction of sp³-hybridized carbons (Fsp3) is 0.941. The van der Waals surface area contributed by atoms with Crippen LogP contribution < -0.4 is 10.6 Å². The lowest BCUT2D eigenvalue weighted by atomic mass is 9.99. The molecule has 8 heteroatoms. The number of hydrogen-bond donors (Lipinski definition) is 2. The molecular formula is C17H37IN4O2S. The topological polar surface area (TPSA) is 73.8 Å². The molecule has 0 aromatic carbocycles. The van der Waals surface area contributed by atoms with E-state index in [4.69, 9.17) is 4.99 Å². The highest BCUT2D eigenvalue weighted by Crippen LogP contribution is 2.20. The van der Waals surface area contributed by atoms with Gasteiger partial charge >= 0.3 is 0 Å². The van der Waals surface area contributed by atoms with E-state index in [1.807, 2.05) is 6.92 Å². The maximum absolute atomic E-state index is 11.8. The molecule has 0 atom stereocenters. The summed E-state index contributed by atoms with van der Waals surface area (Å²) in [5.74, 6) is 0.680. The summed E-state index contributed by atoms with van der Waals surface area (Å²) in [6, 6.07) is 0. The first-order valence-electron chi connectivity index (χ1n) is 8.96. The van der Waals surface area contributed by atoms with Crippen molar-refractivity contribution in [1.29, 1.82) is 0 Å². The van der Waals surface area contributed by atoms with Gasteiger partial charge in [-0.25, -0.2) is 8.42 Å². The summed E-state index contributed by atoms with van der Waals surface area (Å²) in [7, 11) is -3.13. The van der Waals surface area contributed by atoms with Gasteiger partial charge in [0.2, 0.25) is 0 Å². The Bertz CT molecular complexity index is 527. The van der Waals surface area contributed by atoms with Crippen LogP contribution in [0.15, 0.2) is 4.99 Å². The molecule has 0 saturated carbocycles. The van der Waals surface area contributed by atoms with Gasteiger partial charge in [-0.2, -0.15) is 0 Å². The minimum atomic E-state index is -3.13. The molecule has 1 saturated heterocycles. The lowest BCUT2D eigenvalue weighted by Crippen LogP contribution is -2.51. The van der Waals surface area contributed by atoms with E-state index in [1.54, 1.807) is 13.8 Å². The normalized spacial score (nSPS) is 17.8. The van der Waals surface area contributed by atoms with E-state index in [0.29, 0.717) is 19.0 Å². The van der Waals surface area contributed by atoms with Gasteiger partial charge in [0.05, 0.1) is 11.3 Å². The van der Waals surface area contributed by atoms with Crippen molar-refractivity contribution in [2.24, 2.45) is 4.99 Å². The highest BCUT2D eigenvalue weighted by atomic mass is 127. The van der Waals surface area contributed by atoms with Crippen LogP contribution in [0.4, 0.5) is 0 Å². The fourth-order valence-corrected chi connectivity index (χ4v) is 2.98. The summed E-state index contributed by atoms with van der Waals surface area (Å²) in [6.45, 7) is 14.0. The number of nitrogens with zero attached hydrogens (tertiary/aromatic N) is 2. The molecule has 0 unspecified atom stereocenters. The number of rotatable bonds is 7. The molecule has 1 aliphatic rings. The lowest BCUT2D eigenvalue weighted by molar-refractivity contribution is 0.102. The van der Waals surface area contributed by atoms with Gasteiger partial charge < -0.3 is 10.6 Å². The average Bonchev–Trinajstić information content (AvgIpc) is 2.50. The first kappa shape index (κ1) is 24.9. The van der Waals surface area contributed by atoms with Gasteiger partial charge in [0.25, 0.3) is 0 Å². The standard InChI is InChI=1S/C17H36N4O2S.HI/c1-7-18-15(20-14-17(4,5)24(6,22)23)19-13-16(2,3)21-11-9-8-10-12-21;/h7-14H2,1-6H3,(H2,18,19,20);1H. The zero-order chi connectivity index (χ0) is 18.4. The predicted molar refractivity (Wildman–Crippen MR) is 118 cm³/mol. The summed E-state index contributed by atoms with van der Waals surface area (Å²) < 4.78 is 22.9. The van der Waals surface area contributed by atoms with Crippen molar-refractivity contribution in [3.05, 3.63) is 0 Å². The third-order valence-corrected chi connectivity index (χ3v) is 7.02. The smallest absolute Gasteiger partial charge is 0.191 e. The van der Waals surface area contributed by atoms with E-state index < -0.39 is 14.6 Å². The van der Waals surface area contributed by atoms with Crippen molar-refractivity contribution in [2.45, 2.75) is 64.2 Å². The minimum Gasteiger partial charge on any atom is -0.357 e. The van der Waals surface area contributed by atoms with E-state index in [0.717, 1.165) is 19.6 Å². The summed E-state index contributed by atoms with van der Waals surface area (Å²) in [4.78, 5) is 7.21. The van der Waals surface area contributed by atoms with E-state index in [-0.39, 0.29) is 29.5 Å². The number of likely N-dealkylation sites (tertiary alicyclic amines) is 1. The zero-order valence-electron chi connectivity index (χ0n) is 16.7. The molecule has 6 nitrogen and oxygen atoms in total. The van der Waals surface area contributed by atoms with Gasteiger partial charge in [0.1, 0.15) is 0 Å². The molecule has 2 N–H and O–H groups in total. The second-order valence-electron chi connectivity index (χ2n) is 7.94. The Morgan fingerprint density at radius 2 is 1.64 bits per heavy atom. The third-order valence-electron chi connectivity index (χ3n) is 4.87. The first-order chi connectivity index (χ1) is 11.0. The van der Waals surface area contributed by atoms with Gasteiger partial charge in [-0.05, 0) is 60.5 Å². The Morgan fingerprint density at radius 1 is 1.08 bits per heavy atom. The van der Waals surface area contributed by atoms with Gasteiger partial charge in [0, 0.05) is 24.9 Å². The van der Waals surface area contributed by atoms with E-state index in [9.17, 15) is 8.42 Å². The van der Waals surface area contributed by atoms with Crippen LogP contribution in [0.25, 0.3) is 0 Å². The van der Waals surface area contributed by atoms with Crippen LogP contribution in [0.2, 0.25) is 0 Å². The van der Waals surface area contributed by atoms with Crippen LogP contribution in [0.5, 0.6) is 0 Å². The number of sulfone groups is 1. The number of piperidine rings is 1. The van der Waals surface area contributed by atoms with Crippen LogP contribution in [0.1, 0.15) is 53.9 Å². The fourth-order valence-electron chi connectivity index (χ4n) is 2.64. The quantitative estimate of drug-likeness (QED) is 0.327. The minimum absolute atomic E-state index is 0. The summed E-state index contributed by atoms with van der Waals surface area (Å²) in [5.41, 5.74) is 0.00905. The van der Waals surface area contributed by atoms with Crippen molar-refractivity contribution in [2.75, 3.05) is 39.0 Å². The number of aliphatic imine (C=N–C) groups is 1.